The molecule has 0 fully saturated rings. The fourth-order valence-electron chi connectivity index (χ4n) is 2.05. The van der Waals surface area contributed by atoms with Gasteiger partial charge in [0.2, 0.25) is 0 Å². The smallest absolute Gasteiger partial charge is 0.312 e. The number of unbranched alkanes of at least 4 members (excludes halogenated alkanes) is 7. The number of ether oxygens (including phenoxy) is 1. The standard InChI is InChI=1S/C15H29IO2/c1-4-5-6-7-8-9-10-11-12-15(2,3)14(17)18-13-16/h4-13H2,1-3H3. The lowest BCUT2D eigenvalue weighted by Crippen LogP contribution is -2.26. The van der Waals surface area contributed by atoms with Gasteiger partial charge in [-0.1, -0.05) is 58.3 Å². The van der Waals surface area contributed by atoms with E-state index in [1.54, 1.807) is 0 Å². The van der Waals surface area contributed by atoms with Crippen molar-refractivity contribution in [2.45, 2.75) is 78.6 Å². The van der Waals surface area contributed by atoms with Gasteiger partial charge in [-0.15, -0.1) is 0 Å². The minimum Gasteiger partial charge on any atom is -0.455 e. The number of alkyl halides is 1. The quantitative estimate of drug-likeness (QED) is 0.209. The van der Waals surface area contributed by atoms with Crippen molar-refractivity contribution in [1.29, 1.82) is 0 Å². The third-order valence-electron chi connectivity index (χ3n) is 3.39. The molecule has 0 unspecified atom stereocenters. The van der Waals surface area contributed by atoms with Gasteiger partial charge in [0.25, 0.3) is 0 Å². The molecule has 0 aliphatic rings. The van der Waals surface area contributed by atoms with Gasteiger partial charge in [0.1, 0.15) is 4.61 Å². The SMILES string of the molecule is CCCCCCCCCCC(C)(C)C(=O)OCI. The second-order valence-electron chi connectivity index (χ2n) is 5.65. The highest BCUT2D eigenvalue weighted by atomic mass is 127. The Morgan fingerprint density at radius 1 is 1.00 bits per heavy atom. The average Bonchev–Trinajstić information content (AvgIpc) is 2.33. The Balaban J connectivity index is 3.49. The molecular formula is C15H29IO2. The van der Waals surface area contributed by atoms with E-state index in [-0.39, 0.29) is 11.4 Å². The van der Waals surface area contributed by atoms with E-state index >= 15 is 0 Å². The van der Waals surface area contributed by atoms with Crippen LogP contribution in [0.3, 0.4) is 0 Å². The summed E-state index contributed by atoms with van der Waals surface area (Å²) in [7, 11) is 0. The van der Waals surface area contributed by atoms with Crippen LogP contribution in [0.5, 0.6) is 0 Å². The molecule has 108 valence electrons. The Hall–Kier alpha value is 0.200. The van der Waals surface area contributed by atoms with E-state index in [1.807, 2.05) is 13.8 Å². The third kappa shape index (κ3) is 9.17. The van der Waals surface area contributed by atoms with Crippen molar-refractivity contribution in [2.75, 3.05) is 4.61 Å². The molecule has 0 bridgehead atoms. The van der Waals surface area contributed by atoms with Gasteiger partial charge in [0.15, 0.2) is 0 Å². The molecule has 3 heteroatoms. The predicted octanol–water partition coefficient (Wildman–Crippen LogP) is 5.48. The lowest BCUT2D eigenvalue weighted by molar-refractivity contribution is -0.151. The molecule has 2 nitrogen and oxygen atoms in total. The largest absolute Gasteiger partial charge is 0.455 e. The molecule has 0 atom stereocenters. The molecule has 0 saturated carbocycles. The maximum absolute atomic E-state index is 11.7. The van der Waals surface area contributed by atoms with Gasteiger partial charge in [0, 0.05) is 0 Å². The van der Waals surface area contributed by atoms with Crippen molar-refractivity contribution in [3.8, 4) is 0 Å². The Kier molecular flexibility index (Phi) is 11.2. The molecule has 0 spiro atoms. The number of carbonyl (C=O) groups excluding carboxylic acids is 1. The Morgan fingerprint density at radius 3 is 2.00 bits per heavy atom. The summed E-state index contributed by atoms with van der Waals surface area (Å²) in [5.41, 5.74) is -0.312. The molecule has 0 N–H and O–H groups in total. The predicted molar refractivity (Wildman–Crippen MR) is 86.0 cm³/mol. The number of halogens is 1. The Labute approximate surface area is 126 Å². The van der Waals surface area contributed by atoms with Crippen LogP contribution in [0.4, 0.5) is 0 Å². The maximum atomic E-state index is 11.7. The van der Waals surface area contributed by atoms with E-state index in [2.05, 4.69) is 29.5 Å². The van der Waals surface area contributed by atoms with Crippen LogP contribution in [-0.4, -0.2) is 10.6 Å². The fourth-order valence-corrected chi connectivity index (χ4v) is 2.33. The molecular weight excluding hydrogens is 339 g/mol. The van der Waals surface area contributed by atoms with Crippen LogP contribution in [-0.2, 0) is 9.53 Å². The van der Waals surface area contributed by atoms with Gasteiger partial charge in [-0.2, -0.15) is 0 Å². The van der Waals surface area contributed by atoms with Crippen molar-refractivity contribution >= 4 is 28.6 Å². The zero-order valence-corrected chi connectivity index (χ0v) is 14.4. The van der Waals surface area contributed by atoms with E-state index in [1.165, 1.54) is 44.9 Å². The van der Waals surface area contributed by atoms with Crippen LogP contribution in [0.2, 0.25) is 0 Å². The first-order valence-corrected chi connectivity index (χ1v) is 8.80. The molecule has 0 rings (SSSR count). The summed E-state index contributed by atoms with van der Waals surface area (Å²) in [6.45, 7) is 6.22. The van der Waals surface area contributed by atoms with Crippen molar-refractivity contribution in [2.24, 2.45) is 5.41 Å². The molecule has 0 aliphatic heterocycles. The Bertz CT molecular complexity index is 215. The monoisotopic (exact) mass is 368 g/mol. The molecule has 18 heavy (non-hydrogen) atoms. The molecule has 0 aromatic carbocycles. The first-order valence-electron chi connectivity index (χ1n) is 7.27. The summed E-state index contributed by atoms with van der Waals surface area (Å²) in [6, 6.07) is 0. The summed E-state index contributed by atoms with van der Waals surface area (Å²) in [5, 5.41) is 0. The van der Waals surface area contributed by atoms with E-state index in [0.29, 0.717) is 4.61 Å². The molecule has 0 aromatic rings. The van der Waals surface area contributed by atoms with Gasteiger partial charge in [-0.3, -0.25) is 4.79 Å². The van der Waals surface area contributed by atoms with Crippen LogP contribution in [0.1, 0.15) is 78.6 Å². The Morgan fingerprint density at radius 2 is 1.50 bits per heavy atom. The second kappa shape index (κ2) is 11.1. The van der Waals surface area contributed by atoms with E-state index in [4.69, 9.17) is 4.74 Å². The fraction of sp³-hybridized carbons (Fsp3) is 0.933. The first kappa shape index (κ1) is 18.2. The highest BCUT2D eigenvalue weighted by molar-refractivity contribution is 14.1. The summed E-state index contributed by atoms with van der Waals surface area (Å²) in [5.74, 6) is -0.0557. The first-order chi connectivity index (χ1) is 8.54. The molecule has 0 heterocycles. The van der Waals surface area contributed by atoms with Crippen molar-refractivity contribution in [3.05, 3.63) is 0 Å². The lowest BCUT2D eigenvalue weighted by atomic mass is 9.87. The second-order valence-corrected chi connectivity index (χ2v) is 6.27. The van der Waals surface area contributed by atoms with Crippen molar-refractivity contribution in [1.82, 2.24) is 0 Å². The van der Waals surface area contributed by atoms with Crippen molar-refractivity contribution in [3.63, 3.8) is 0 Å². The minimum absolute atomic E-state index is 0.0557. The van der Waals surface area contributed by atoms with Crippen LogP contribution in [0.25, 0.3) is 0 Å². The normalized spacial score (nSPS) is 11.6. The van der Waals surface area contributed by atoms with Crippen LogP contribution < -0.4 is 0 Å². The minimum atomic E-state index is -0.312. The maximum Gasteiger partial charge on any atom is 0.312 e. The van der Waals surface area contributed by atoms with Gasteiger partial charge < -0.3 is 4.74 Å². The molecule has 0 aromatic heterocycles. The molecule has 0 radical (unpaired) electrons. The topological polar surface area (TPSA) is 26.3 Å². The number of carbonyl (C=O) groups is 1. The number of hydrogen-bond donors (Lipinski definition) is 0. The summed E-state index contributed by atoms with van der Waals surface area (Å²) in [6.07, 6.45) is 11.4. The highest BCUT2D eigenvalue weighted by Crippen LogP contribution is 2.26. The van der Waals surface area contributed by atoms with E-state index in [0.717, 1.165) is 12.8 Å². The zero-order chi connectivity index (χ0) is 13.9. The van der Waals surface area contributed by atoms with Gasteiger partial charge >= 0.3 is 5.97 Å². The van der Waals surface area contributed by atoms with E-state index < -0.39 is 0 Å². The molecule has 0 saturated heterocycles. The third-order valence-corrected chi connectivity index (χ3v) is 3.70. The molecule has 0 amide bonds. The van der Waals surface area contributed by atoms with Crippen molar-refractivity contribution < 1.29 is 9.53 Å². The summed E-state index contributed by atoms with van der Waals surface area (Å²) in [4.78, 5) is 11.7. The number of esters is 1. The van der Waals surface area contributed by atoms with Crippen LogP contribution >= 0.6 is 22.6 Å². The number of hydrogen-bond acceptors (Lipinski definition) is 2. The lowest BCUT2D eigenvalue weighted by Gasteiger charge is -2.21. The number of rotatable bonds is 11. The average molecular weight is 368 g/mol. The van der Waals surface area contributed by atoms with Crippen LogP contribution in [0.15, 0.2) is 0 Å². The van der Waals surface area contributed by atoms with E-state index in [9.17, 15) is 4.79 Å². The van der Waals surface area contributed by atoms with Gasteiger partial charge in [-0.25, -0.2) is 0 Å². The van der Waals surface area contributed by atoms with Gasteiger partial charge in [-0.05, 0) is 42.9 Å². The van der Waals surface area contributed by atoms with Gasteiger partial charge in [0.05, 0.1) is 5.41 Å². The summed E-state index contributed by atoms with van der Waals surface area (Å²) < 4.78 is 5.53. The molecule has 0 aliphatic carbocycles. The highest BCUT2D eigenvalue weighted by Gasteiger charge is 2.28. The summed E-state index contributed by atoms with van der Waals surface area (Å²) >= 11 is 2.07. The zero-order valence-electron chi connectivity index (χ0n) is 12.3. The van der Waals surface area contributed by atoms with Crippen LogP contribution in [0, 0.1) is 5.41 Å².